The summed E-state index contributed by atoms with van der Waals surface area (Å²) in [6.07, 6.45) is 2.18. The molecule has 0 radical (unpaired) electrons. The zero-order valence-electron chi connectivity index (χ0n) is 21.0. The number of rotatable bonds is 11. The topological polar surface area (TPSA) is 156 Å². The summed E-state index contributed by atoms with van der Waals surface area (Å²) in [4.78, 5) is 36.2. The van der Waals surface area contributed by atoms with Gasteiger partial charge in [0.2, 0.25) is 5.88 Å². The van der Waals surface area contributed by atoms with Gasteiger partial charge < -0.3 is 20.1 Å². The quantitative estimate of drug-likeness (QED) is 0.350. The second-order valence-electron chi connectivity index (χ2n) is 8.51. The summed E-state index contributed by atoms with van der Waals surface area (Å²) in [5, 5.41) is 29.5. The Kier molecular flexibility index (Phi) is 17.0. The van der Waals surface area contributed by atoms with E-state index in [9.17, 15) is 22.8 Å². The predicted octanol–water partition coefficient (Wildman–Crippen LogP) is 4.23. The molecule has 0 fully saturated rings. The van der Waals surface area contributed by atoms with Gasteiger partial charge in [0.05, 0.1) is 12.1 Å². The maximum Gasteiger partial charge on any atom is 0.373 e. The Bertz CT molecular complexity index is 1070. The fourth-order valence-electron chi connectivity index (χ4n) is 2.68. The number of aromatic nitrogens is 2. The average Bonchev–Trinajstić information content (AvgIpc) is 3.16. The van der Waals surface area contributed by atoms with Crippen molar-refractivity contribution in [3.63, 3.8) is 0 Å². The third-order valence-electron chi connectivity index (χ3n) is 4.64. The Labute approximate surface area is 219 Å². The number of hydrogen-bond acceptors (Lipinski definition) is 7. The van der Waals surface area contributed by atoms with Crippen molar-refractivity contribution in [1.82, 2.24) is 9.78 Å². The summed E-state index contributed by atoms with van der Waals surface area (Å²) in [5.41, 5.74) is -1.28. The maximum atomic E-state index is 13.7. The van der Waals surface area contributed by atoms with Gasteiger partial charge in [0, 0.05) is 24.2 Å². The number of aliphatic carboxylic acids is 2. The summed E-state index contributed by atoms with van der Waals surface area (Å²) < 4.78 is 47.3. The van der Waals surface area contributed by atoms with Crippen LogP contribution in [0.5, 0.6) is 5.88 Å². The normalized spacial score (nSPS) is 11.5. The highest BCUT2D eigenvalue weighted by Crippen LogP contribution is 2.20. The number of aliphatic hydroxyl groups is 1. The van der Waals surface area contributed by atoms with Crippen LogP contribution in [0.1, 0.15) is 65.6 Å². The fraction of sp³-hybridized carbons (Fsp3) is 0.520. The van der Waals surface area contributed by atoms with E-state index >= 15 is 0 Å². The number of carbonyl (C=O) groups is 2. The number of carboxylic acids is 2. The molecule has 0 aliphatic rings. The molecule has 0 bridgehead atoms. The van der Waals surface area contributed by atoms with Gasteiger partial charge in [-0.2, -0.15) is 14.7 Å². The Morgan fingerprint density at radius 3 is 2.11 bits per heavy atom. The molecular weight excluding hydrogens is 513 g/mol. The van der Waals surface area contributed by atoms with Gasteiger partial charge in [-0.05, 0) is 31.7 Å². The zero-order chi connectivity index (χ0) is 28.8. The van der Waals surface area contributed by atoms with Gasteiger partial charge in [-0.25, -0.2) is 22.6 Å². The molecule has 2 rings (SSSR count). The van der Waals surface area contributed by atoms with Crippen LogP contribution >= 0.6 is 0 Å². The summed E-state index contributed by atoms with van der Waals surface area (Å²) in [7, 11) is 0. The molecule has 13 heteroatoms. The second kappa shape index (κ2) is 17.7. The van der Waals surface area contributed by atoms with E-state index in [1.165, 1.54) is 0 Å². The van der Waals surface area contributed by atoms with E-state index in [2.05, 4.69) is 25.9 Å². The van der Waals surface area contributed by atoms with Crippen LogP contribution in [0.2, 0.25) is 0 Å². The van der Waals surface area contributed by atoms with Crippen LogP contribution in [-0.4, -0.2) is 48.8 Å². The molecule has 1 unspecified atom stereocenters. The van der Waals surface area contributed by atoms with E-state index < -0.39 is 41.4 Å². The zero-order valence-corrected chi connectivity index (χ0v) is 21.0. The largest absolute Gasteiger partial charge is 0.481 e. The average molecular weight is 549 g/mol. The van der Waals surface area contributed by atoms with Gasteiger partial charge in [0.1, 0.15) is 12.4 Å². The Balaban J connectivity index is 0. The number of aryl methyl sites for hydroxylation is 2. The smallest absolute Gasteiger partial charge is 0.373 e. The SMILES string of the molecule is C.CC(O)(CC(=O)O)C(=O)O.CCCc1cc(OCc2cc(F)c(F)cc2F)n(CCC(C)C)n1.O=C=O. The summed E-state index contributed by atoms with van der Waals surface area (Å²) in [5.74, 6) is -4.96. The van der Waals surface area contributed by atoms with Crippen LogP contribution < -0.4 is 4.74 Å². The van der Waals surface area contributed by atoms with Crippen molar-refractivity contribution < 1.29 is 52.4 Å². The highest BCUT2D eigenvalue weighted by atomic mass is 19.2. The van der Waals surface area contributed by atoms with Gasteiger partial charge in [0.15, 0.2) is 17.2 Å². The minimum Gasteiger partial charge on any atom is -0.481 e. The maximum absolute atomic E-state index is 13.7. The van der Waals surface area contributed by atoms with E-state index in [0.717, 1.165) is 37.9 Å². The molecule has 0 aliphatic carbocycles. The Morgan fingerprint density at radius 1 is 1.11 bits per heavy atom. The van der Waals surface area contributed by atoms with Crippen molar-refractivity contribution in [2.45, 2.75) is 79.6 Å². The third kappa shape index (κ3) is 13.6. The lowest BCUT2D eigenvalue weighted by atomic mass is 10.0. The molecule has 1 aromatic heterocycles. The van der Waals surface area contributed by atoms with Crippen LogP contribution in [0, 0.1) is 23.4 Å². The van der Waals surface area contributed by atoms with E-state index in [-0.39, 0.29) is 25.7 Å². The molecule has 3 N–H and O–H groups in total. The number of carbonyl (C=O) groups excluding carboxylic acids is 2. The Morgan fingerprint density at radius 2 is 1.66 bits per heavy atom. The molecule has 0 amide bonds. The minimum absolute atomic E-state index is 0. The lowest BCUT2D eigenvalue weighted by molar-refractivity contribution is -0.191. The van der Waals surface area contributed by atoms with Crippen molar-refractivity contribution in [3.8, 4) is 5.88 Å². The molecule has 1 heterocycles. The predicted molar refractivity (Wildman–Crippen MR) is 129 cm³/mol. The van der Waals surface area contributed by atoms with Crippen LogP contribution in [0.4, 0.5) is 13.2 Å². The van der Waals surface area contributed by atoms with Crippen LogP contribution in [0.15, 0.2) is 18.2 Å². The van der Waals surface area contributed by atoms with Crippen LogP contribution in [-0.2, 0) is 38.8 Å². The number of ether oxygens (including phenoxy) is 1. The molecule has 214 valence electrons. The number of hydrogen-bond donors (Lipinski definition) is 3. The van der Waals surface area contributed by atoms with E-state index in [0.29, 0.717) is 24.4 Å². The number of halogens is 3. The molecule has 2 aromatic rings. The number of nitrogens with zero attached hydrogens (tertiary/aromatic N) is 2. The van der Waals surface area contributed by atoms with Gasteiger partial charge in [-0.15, -0.1) is 0 Å². The number of carboxylic acid groups (broad SMARTS) is 2. The lowest BCUT2D eigenvalue weighted by Crippen LogP contribution is -2.37. The van der Waals surface area contributed by atoms with E-state index in [1.54, 1.807) is 4.68 Å². The molecule has 0 saturated carbocycles. The van der Waals surface area contributed by atoms with Gasteiger partial charge >= 0.3 is 18.1 Å². The van der Waals surface area contributed by atoms with Crippen molar-refractivity contribution >= 4 is 18.1 Å². The monoisotopic (exact) mass is 548 g/mol. The van der Waals surface area contributed by atoms with Gasteiger partial charge in [0.25, 0.3) is 0 Å². The Hall–Kier alpha value is -3.70. The van der Waals surface area contributed by atoms with Crippen LogP contribution in [0.25, 0.3) is 0 Å². The summed E-state index contributed by atoms with van der Waals surface area (Å²) in [6, 6.07) is 3.18. The van der Waals surface area contributed by atoms with Gasteiger partial charge in [-0.1, -0.05) is 34.6 Å². The molecule has 0 spiro atoms. The lowest BCUT2D eigenvalue weighted by Gasteiger charge is -2.13. The highest BCUT2D eigenvalue weighted by molar-refractivity contribution is 5.83. The molecule has 1 aromatic carbocycles. The van der Waals surface area contributed by atoms with E-state index in [4.69, 9.17) is 29.6 Å². The van der Waals surface area contributed by atoms with Gasteiger partial charge in [-0.3, -0.25) is 4.79 Å². The molecule has 0 saturated heterocycles. The first-order valence-corrected chi connectivity index (χ1v) is 11.2. The molecule has 0 aliphatic heterocycles. The first-order valence-electron chi connectivity index (χ1n) is 11.2. The van der Waals surface area contributed by atoms with Crippen molar-refractivity contribution in [1.29, 1.82) is 0 Å². The van der Waals surface area contributed by atoms with Crippen molar-refractivity contribution in [2.75, 3.05) is 0 Å². The second-order valence-corrected chi connectivity index (χ2v) is 8.51. The third-order valence-corrected chi connectivity index (χ3v) is 4.64. The summed E-state index contributed by atoms with van der Waals surface area (Å²) >= 11 is 0. The molecule has 10 nitrogen and oxygen atoms in total. The molecular formula is C25H35F3N2O8. The fourth-order valence-corrected chi connectivity index (χ4v) is 2.68. The minimum atomic E-state index is -2.16. The number of benzene rings is 1. The molecule has 1 atom stereocenters. The summed E-state index contributed by atoms with van der Waals surface area (Å²) in [6.45, 7) is 7.74. The first-order chi connectivity index (χ1) is 17.2. The van der Waals surface area contributed by atoms with Crippen molar-refractivity contribution in [3.05, 3.63) is 46.9 Å². The van der Waals surface area contributed by atoms with Crippen LogP contribution in [0.3, 0.4) is 0 Å². The van der Waals surface area contributed by atoms with Crippen molar-refractivity contribution in [2.24, 2.45) is 5.92 Å². The first kappa shape index (κ1) is 36.5. The standard InChI is InChI=1S/C18H23F3N2O.C5H8O5.CO2.CH4/c1-4-5-14-9-18(23(22-14)7-6-12(2)3)24-11-13-8-16(20)17(21)10-15(13)19;1-5(10,4(8)9)2-3(6)7;2-1-3;/h8-10,12H,4-7,11H2,1-3H3;10H,2H2,1H3,(H,6,7)(H,8,9);;1H4. The molecule has 38 heavy (non-hydrogen) atoms. The highest BCUT2D eigenvalue weighted by Gasteiger charge is 2.32. The van der Waals surface area contributed by atoms with E-state index in [1.807, 2.05) is 6.07 Å².